The number of benzene rings is 1. The van der Waals surface area contributed by atoms with Crippen LogP contribution in [-0.2, 0) is 19.1 Å². The minimum absolute atomic E-state index is 0.0573. The van der Waals surface area contributed by atoms with Crippen molar-refractivity contribution in [2.75, 3.05) is 6.54 Å². The smallest absolute Gasteiger partial charge is 0.408 e. The lowest BCUT2D eigenvalue weighted by Gasteiger charge is -2.35. The molecule has 4 N–H and O–H groups in total. The Labute approximate surface area is 214 Å². The van der Waals surface area contributed by atoms with Crippen LogP contribution in [-0.4, -0.2) is 52.9 Å². The van der Waals surface area contributed by atoms with Gasteiger partial charge in [-0.1, -0.05) is 62.9 Å². The summed E-state index contributed by atoms with van der Waals surface area (Å²) in [5.41, 5.74) is 5.29. The van der Waals surface area contributed by atoms with Crippen LogP contribution in [0.4, 0.5) is 4.79 Å². The van der Waals surface area contributed by atoms with E-state index in [0.717, 1.165) is 38.5 Å². The van der Waals surface area contributed by atoms with Gasteiger partial charge in [-0.3, -0.25) is 14.4 Å². The molecule has 2 atom stereocenters. The van der Waals surface area contributed by atoms with Crippen molar-refractivity contribution in [1.29, 1.82) is 0 Å². The van der Waals surface area contributed by atoms with Crippen LogP contribution in [0.15, 0.2) is 30.3 Å². The fourth-order valence-electron chi connectivity index (χ4n) is 4.38. The van der Waals surface area contributed by atoms with Gasteiger partial charge >= 0.3 is 6.09 Å². The van der Waals surface area contributed by atoms with Crippen LogP contribution in [0.25, 0.3) is 0 Å². The van der Waals surface area contributed by atoms with Crippen LogP contribution in [0.2, 0.25) is 0 Å². The number of amides is 4. The van der Waals surface area contributed by atoms with E-state index in [0.29, 0.717) is 12.0 Å². The van der Waals surface area contributed by atoms with Crippen molar-refractivity contribution in [3.8, 4) is 0 Å². The number of nitrogens with two attached hydrogens (primary N) is 1. The van der Waals surface area contributed by atoms with Crippen LogP contribution in [0.1, 0.15) is 90.7 Å². The number of ether oxygens (including phenoxy) is 1. The summed E-state index contributed by atoms with van der Waals surface area (Å²) in [7, 11) is 0. The highest BCUT2D eigenvalue weighted by Gasteiger charge is 2.37. The molecule has 1 aromatic carbocycles. The van der Waals surface area contributed by atoms with Gasteiger partial charge in [-0.05, 0) is 45.6 Å². The van der Waals surface area contributed by atoms with Gasteiger partial charge in [-0.25, -0.2) is 4.79 Å². The Morgan fingerprint density at radius 3 is 2.28 bits per heavy atom. The molecule has 36 heavy (non-hydrogen) atoms. The lowest BCUT2D eigenvalue weighted by Crippen LogP contribution is -2.55. The molecule has 1 fully saturated rings. The number of primary amides is 1. The molecule has 0 bridgehead atoms. The Morgan fingerprint density at radius 2 is 1.72 bits per heavy atom. The van der Waals surface area contributed by atoms with E-state index in [-0.39, 0.29) is 18.5 Å². The summed E-state index contributed by atoms with van der Waals surface area (Å²) < 4.78 is 5.30. The first-order valence-electron chi connectivity index (χ1n) is 13.0. The molecule has 9 heteroatoms. The van der Waals surface area contributed by atoms with E-state index in [2.05, 4.69) is 10.6 Å². The molecule has 0 spiro atoms. The van der Waals surface area contributed by atoms with Crippen molar-refractivity contribution < 1.29 is 23.9 Å². The van der Waals surface area contributed by atoms with E-state index in [1.807, 2.05) is 37.3 Å². The number of hydrogen-bond donors (Lipinski definition) is 3. The Morgan fingerprint density at radius 1 is 1.08 bits per heavy atom. The minimum atomic E-state index is -1.26. The van der Waals surface area contributed by atoms with Crippen molar-refractivity contribution in [2.45, 2.75) is 103 Å². The van der Waals surface area contributed by atoms with Gasteiger partial charge in [0, 0.05) is 12.6 Å². The van der Waals surface area contributed by atoms with Crippen molar-refractivity contribution in [3.05, 3.63) is 35.9 Å². The third-order valence-electron chi connectivity index (χ3n) is 6.06. The Kier molecular flexibility index (Phi) is 11.2. The average Bonchev–Trinajstić information content (AvgIpc) is 2.80. The molecule has 1 saturated carbocycles. The number of alkyl carbamates (subject to hydrolysis) is 1. The van der Waals surface area contributed by atoms with Gasteiger partial charge in [0.1, 0.15) is 17.7 Å². The second kappa shape index (κ2) is 13.8. The van der Waals surface area contributed by atoms with Crippen molar-refractivity contribution in [1.82, 2.24) is 15.5 Å². The maximum atomic E-state index is 13.9. The van der Waals surface area contributed by atoms with Gasteiger partial charge in [0.15, 0.2) is 0 Å². The minimum Gasteiger partial charge on any atom is -0.444 e. The summed E-state index contributed by atoms with van der Waals surface area (Å²) >= 11 is 0. The third-order valence-corrected chi connectivity index (χ3v) is 6.06. The fraction of sp³-hybridized carbons (Fsp3) is 0.630. The molecule has 1 aliphatic rings. The summed E-state index contributed by atoms with van der Waals surface area (Å²) in [6, 6.07) is 6.98. The highest BCUT2D eigenvalue weighted by molar-refractivity contribution is 5.94. The predicted molar refractivity (Wildman–Crippen MR) is 138 cm³/mol. The van der Waals surface area contributed by atoms with Gasteiger partial charge in [-0.15, -0.1) is 0 Å². The number of rotatable bonds is 11. The van der Waals surface area contributed by atoms with Crippen molar-refractivity contribution in [3.63, 3.8) is 0 Å². The van der Waals surface area contributed by atoms with Gasteiger partial charge in [0.2, 0.25) is 17.7 Å². The number of nitrogens with zero attached hydrogens (tertiary/aromatic N) is 1. The molecule has 0 heterocycles. The molecule has 0 aliphatic heterocycles. The van der Waals surface area contributed by atoms with Crippen LogP contribution < -0.4 is 16.4 Å². The number of unbranched alkanes of at least 4 members (excludes halogenated alkanes) is 1. The van der Waals surface area contributed by atoms with E-state index in [1.165, 1.54) is 4.90 Å². The Balaban J connectivity index is 2.40. The van der Waals surface area contributed by atoms with E-state index in [4.69, 9.17) is 10.5 Å². The molecule has 4 amide bonds. The van der Waals surface area contributed by atoms with Crippen LogP contribution in [0.3, 0.4) is 0 Å². The van der Waals surface area contributed by atoms with Gasteiger partial charge in [0.25, 0.3) is 0 Å². The normalized spacial score (nSPS) is 15.9. The summed E-state index contributed by atoms with van der Waals surface area (Å²) in [4.78, 5) is 53.3. The third kappa shape index (κ3) is 9.51. The molecule has 200 valence electrons. The average molecular weight is 503 g/mol. The first-order chi connectivity index (χ1) is 17.0. The zero-order chi connectivity index (χ0) is 26.7. The lowest BCUT2D eigenvalue weighted by atomic mass is 9.94. The predicted octanol–water partition coefficient (Wildman–Crippen LogP) is 3.57. The molecule has 2 rings (SSSR count). The van der Waals surface area contributed by atoms with Crippen molar-refractivity contribution in [2.24, 2.45) is 5.73 Å². The maximum Gasteiger partial charge on any atom is 0.408 e. The summed E-state index contributed by atoms with van der Waals surface area (Å²) in [6.07, 6.45) is 5.26. The molecule has 0 radical (unpaired) electrons. The van der Waals surface area contributed by atoms with Gasteiger partial charge in [-0.2, -0.15) is 0 Å². The quantitative estimate of drug-likeness (QED) is 0.426. The SMILES string of the molecule is CCCCN(C(=O)C(CC(N)=O)NC(=O)OC(C)(C)C)C(C(=O)NC1CCCCC1)c1ccccc1. The molecular weight excluding hydrogens is 460 g/mol. The van der Waals surface area contributed by atoms with E-state index in [9.17, 15) is 19.2 Å². The van der Waals surface area contributed by atoms with E-state index >= 15 is 0 Å². The summed E-state index contributed by atoms with van der Waals surface area (Å²) in [5.74, 6) is -1.57. The standard InChI is InChI=1S/C27H42N4O5/c1-5-6-17-31(25(34)21(18-22(28)32)30-26(35)36-27(2,3)4)23(19-13-9-7-10-14-19)24(33)29-20-15-11-8-12-16-20/h7,9-10,13-14,20-21,23H,5-6,8,11-12,15-18H2,1-4H3,(H2,28,32)(H,29,33)(H,30,35). The molecule has 2 unspecified atom stereocenters. The number of carbonyl (C=O) groups excluding carboxylic acids is 4. The zero-order valence-corrected chi connectivity index (χ0v) is 22.0. The molecule has 1 aliphatic carbocycles. The fourth-order valence-corrected chi connectivity index (χ4v) is 4.38. The number of hydrogen-bond acceptors (Lipinski definition) is 5. The number of nitrogens with one attached hydrogen (secondary N) is 2. The first-order valence-corrected chi connectivity index (χ1v) is 13.0. The molecule has 0 aromatic heterocycles. The zero-order valence-electron chi connectivity index (χ0n) is 22.0. The molecule has 1 aromatic rings. The monoisotopic (exact) mass is 502 g/mol. The summed E-state index contributed by atoms with van der Waals surface area (Å²) in [6.45, 7) is 7.37. The highest BCUT2D eigenvalue weighted by atomic mass is 16.6. The number of carbonyl (C=O) groups is 4. The summed E-state index contributed by atoms with van der Waals surface area (Å²) in [5, 5.41) is 5.65. The van der Waals surface area contributed by atoms with Crippen LogP contribution >= 0.6 is 0 Å². The lowest BCUT2D eigenvalue weighted by molar-refractivity contribution is -0.143. The van der Waals surface area contributed by atoms with E-state index < -0.39 is 42.0 Å². The Hall–Kier alpha value is -3.10. The largest absolute Gasteiger partial charge is 0.444 e. The molecule has 9 nitrogen and oxygen atoms in total. The van der Waals surface area contributed by atoms with E-state index in [1.54, 1.807) is 20.8 Å². The molecule has 0 saturated heterocycles. The Bertz CT molecular complexity index is 878. The van der Waals surface area contributed by atoms with Crippen LogP contribution in [0.5, 0.6) is 0 Å². The second-order valence-electron chi connectivity index (χ2n) is 10.4. The second-order valence-corrected chi connectivity index (χ2v) is 10.4. The van der Waals surface area contributed by atoms with Gasteiger partial charge < -0.3 is 26.0 Å². The van der Waals surface area contributed by atoms with Crippen LogP contribution in [0, 0.1) is 0 Å². The maximum absolute atomic E-state index is 13.9. The van der Waals surface area contributed by atoms with Crippen molar-refractivity contribution >= 4 is 23.8 Å². The van der Waals surface area contributed by atoms with Gasteiger partial charge in [0.05, 0.1) is 6.42 Å². The molecular formula is C27H42N4O5. The highest BCUT2D eigenvalue weighted by Crippen LogP contribution is 2.25. The topological polar surface area (TPSA) is 131 Å². The first kappa shape index (κ1) is 29.1.